The third kappa shape index (κ3) is 5.06. The van der Waals surface area contributed by atoms with E-state index < -0.39 is 0 Å². The molecule has 4 nitrogen and oxygen atoms in total. The summed E-state index contributed by atoms with van der Waals surface area (Å²) in [5.74, 6) is 0.552. The Bertz CT molecular complexity index is 332. The van der Waals surface area contributed by atoms with Gasteiger partial charge < -0.3 is 10.1 Å². The van der Waals surface area contributed by atoms with E-state index in [1.54, 1.807) is 6.07 Å². The van der Waals surface area contributed by atoms with Crippen LogP contribution >= 0.6 is 24.0 Å². The Labute approximate surface area is 113 Å². The summed E-state index contributed by atoms with van der Waals surface area (Å²) in [7, 11) is 0. The molecular weight excluding hydrogens is 261 g/mol. The van der Waals surface area contributed by atoms with Crippen molar-refractivity contribution in [1.29, 1.82) is 0 Å². The molecule has 96 valence electrons. The molecule has 0 amide bonds. The summed E-state index contributed by atoms with van der Waals surface area (Å²) in [6.45, 7) is 1.80. The van der Waals surface area contributed by atoms with Gasteiger partial charge in [0.1, 0.15) is 11.5 Å². The molecule has 1 saturated heterocycles. The molecule has 0 saturated carbocycles. The molecule has 2 rings (SSSR count). The van der Waals surface area contributed by atoms with E-state index >= 15 is 0 Å². The highest BCUT2D eigenvalue weighted by Gasteiger charge is 2.12. The van der Waals surface area contributed by atoms with Crippen LogP contribution in [0.1, 0.15) is 25.7 Å². The van der Waals surface area contributed by atoms with E-state index in [2.05, 4.69) is 15.3 Å². The number of rotatable bonds is 4. The summed E-state index contributed by atoms with van der Waals surface area (Å²) >= 11 is 5.73. The van der Waals surface area contributed by atoms with Gasteiger partial charge in [-0.1, -0.05) is 18.0 Å². The molecule has 1 aromatic rings. The van der Waals surface area contributed by atoms with Crippen LogP contribution in [0, 0.1) is 0 Å². The predicted molar refractivity (Wildman–Crippen MR) is 70.0 cm³/mol. The Hall–Kier alpha value is -0.580. The van der Waals surface area contributed by atoms with Gasteiger partial charge in [0, 0.05) is 12.1 Å². The first-order valence-corrected chi connectivity index (χ1v) is 6.06. The number of hydrogen-bond donors (Lipinski definition) is 1. The zero-order chi connectivity index (χ0) is 11.2. The molecular formula is C11H17Cl2N3O. The topological polar surface area (TPSA) is 47.0 Å². The maximum absolute atomic E-state index is 5.73. The summed E-state index contributed by atoms with van der Waals surface area (Å²) in [5.41, 5.74) is 0. The van der Waals surface area contributed by atoms with Gasteiger partial charge in [0.15, 0.2) is 0 Å². The number of halogens is 2. The summed E-state index contributed by atoms with van der Waals surface area (Å²) in [5, 5.41) is 3.90. The van der Waals surface area contributed by atoms with E-state index in [1.807, 2.05) is 0 Å². The van der Waals surface area contributed by atoms with Crippen LogP contribution in [0.25, 0.3) is 0 Å². The van der Waals surface area contributed by atoms with E-state index in [0.29, 0.717) is 23.7 Å². The minimum Gasteiger partial charge on any atom is -0.477 e. The van der Waals surface area contributed by atoms with Crippen LogP contribution < -0.4 is 10.1 Å². The quantitative estimate of drug-likeness (QED) is 0.859. The van der Waals surface area contributed by atoms with Crippen molar-refractivity contribution in [3.8, 4) is 5.88 Å². The maximum Gasteiger partial charge on any atom is 0.217 e. The first kappa shape index (κ1) is 14.5. The Morgan fingerprint density at radius 1 is 1.41 bits per heavy atom. The van der Waals surface area contributed by atoms with Gasteiger partial charge in [-0.05, 0) is 25.8 Å². The Balaban J connectivity index is 0.00000144. The standard InChI is InChI=1S/C11H16ClN3O.ClH/c12-10-7-11(15-8-14-10)16-6-4-9-3-1-2-5-13-9;/h7-9,13H,1-6H2;1H. The van der Waals surface area contributed by atoms with Crippen molar-refractivity contribution in [3.05, 3.63) is 17.5 Å². The molecule has 1 atom stereocenters. The van der Waals surface area contributed by atoms with Gasteiger partial charge in [0.05, 0.1) is 6.61 Å². The molecule has 1 aliphatic rings. The lowest BCUT2D eigenvalue weighted by molar-refractivity contribution is 0.260. The summed E-state index contributed by atoms with van der Waals surface area (Å²) < 4.78 is 5.51. The van der Waals surface area contributed by atoms with Crippen LogP contribution in [-0.2, 0) is 0 Å². The second kappa shape index (κ2) is 7.69. The van der Waals surface area contributed by atoms with Crippen LogP contribution in [0.2, 0.25) is 5.15 Å². The average molecular weight is 278 g/mol. The minimum absolute atomic E-state index is 0. The second-order valence-corrected chi connectivity index (χ2v) is 4.35. The molecule has 1 unspecified atom stereocenters. The number of nitrogens with zero attached hydrogens (tertiary/aromatic N) is 2. The number of ether oxygens (including phenoxy) is 1. The largest absolute Gasteiger partial charge is 0.477 e. The highest BCUT2D eigenvalue weighted by atomic mass is 35.5. The van der Waals surface area contributed by atoms with Crippen LogP contribution in [0.4, 0.5) is 0 Å². The molecule has 0 radical (unpaired) electrons. The number of aromatic nitrogens is 2. The minimum atomic E-state index is 0. The normalized spacial score (nSPS) is 19.5. The molecule has 1 N–H and O–H groups in total. The van der Waals surface area contributed by atoms with Crippen molar-refractivity contribution in [2.24, 2.45) is 0 Å². The van der Waals surface area contributed by atoms with Crippen LogP contribution in [0.5, 0.6) is 5.88 Å². The first-order valence-electron chi connectivity index (χ1n) is 5.68. The lowest BCUT2D eigenvalue weighted by Crippen LogP contribution is -2.35. The fraction of sp³-hybridized carbons (Fsp3) is 0.636. The predicted octanol–water partition coefficient (Wildman–Crippen LogP) is 2.46. The van der Waals surface area contributed by atoms with Crippen LogP contribution in [-0.4, -0.2) is 29.2 Å². The fourth-order valence-electron chi connectivity index (χ4n) is 1.87. The van der Waals surface area contributed by atoms with Gasteiger partial charge >= 0.3 is 0 Å². The first-order chi connectivity index (χ1) is 7.84. The fourth-order valence-corrected chi connectivity index (χ4v) is 2.01. The maximum atomic E-state index is 5.73. The number of nitrogens with one attached hydrogen (secondary N) is 1. The van der Waals surface area contributed by atoms with Gasteiger partial charge in [-0.2, -0.15) is 0 Å². The van der Waals surface area contributed by atoms with E-state index in [4.69, 9.17) is 16.3 Å². The van der Waals surface area contributed by atoms with Crippen molar-refractivity contribution in [3.63, 3.8) is 0 Å². The molecule has 0 aliphatic carbocycles. The summed E-state index contributed by atoms with van der Waals surface area (Å²) in [6, 6.07) is 2.22. The molecule has 0 spiro atoms. The lowest BCUT2D eigenvalue weighted by atomic mass is 10.0. The Morgan fingerprint density at radius 2 is 2.29 bits per heavy atom. The third-order valence-electron chi connectivity index (χ3n) is 2.74. The zero-order valence-electron chi connectivity index (χ0n) is 9.56. The molecule has 0 bridgehead atoms. The summed E-state index contributed by atoms with van der Waals surface area (Å²) in [6.07, 6.45) is 6.28. The third-order valence-corrected chi connectivity index (χ3v) is 2.94. The van der Waals surface area contributed by atoms with Crippen molar-refractivity contribution in [1.82, 2.24) is 15.3 Å². The van der Waals surface area contributed by atoms with E-state index in [1.165, 1.54) is 25.6 Å². The molecule has 1 fully saturated rings. The van der Waals surface area contributed by atoms with Crippen molar-refractivity contribution < 1.29 is 4.74 Å². The SMILES string of the molecule is Cl.Clc1cc(OCCC2CCCCN2)ncn1. The zero-order valence-corrected chi connectivity index (χ0v) is 11.1. The van der Waals surface area contributed by atoms with Crippen molar-refractivity contribution in [2.45, 2.75) is 31.7 Å². The van der Waals surface area contributed by atoms with Gasteiger partial charge in [-0.25, -0.2) is 9.97 Å². The van der Waals surface area contributed by atoms with Gasteiger partial charge in [0.2, 0.25) is 5.88 Å². The molecule has 1 aliphatic heterocycles. The second-order valence-electron chi connectivity index (χ2n) is 3.96. The highest BCUT2D eigenvalue weighted by molar-refractivity contribution is 6.29. The molecule has 0 aromatic carbocycles. The Kier molecular flexibility index (Phi) is 6.55. The van der Waals surface area contributed by atoms with Crippen molar-refractivity contribution in [2.75, 3.05) is 13.2 Å². The smallest absolute Gasteiger partial charge is 0.217 e. The van der Waals surface area contributed by atoms with E-state index in [-0.39, 0.29) is 12.4 Å². The summed E-state index contributed by atoms with van der Waals surface area (Å²) in [4.78, 5) is 7.78. The average Bonchev–Trinajstić information content (AvgIpc) is 2.30. The Morgan fingerprint density at radius 3 is 3.00 bits per heavy atom. The highest BCUT2D eigenvalue weighted by Crippen LogP contribution is 2.13. The van der Waals surface area contributed by atoms with Crippen LogP contribution in [0.15, 0.2) is 12.4 Å². The van der Waals surface area contributed by atoms with Crippen molar-refractivity contribution >= 4 is 24.0 Å². The number of hydrogen-bond acceptors (Lipinski definition) is 4. The number of piperidine rings is 1. The molecule has 1 aromatic heterocycles. The molecule has 2 heterocycles. The van der Waals surface area contributed by atoms with E-state index in [9.17, 15) is 0 Å². The lowest BCUT2D eigenvalue weighted by Gasteiger charge is -2.23. The van der Waals surface area contributed by atoms with Crippen LogP contribution in [0.3, 0.4) is 0 Å². The molecule has 17 heavy (non-hydrogen) atoms. The molecule has 6 heteroatoms. The van der Waals surface area contributed by atoms with Gasteiger partial charge in [0.25, 0.3) is 0 Å². The monoisotopic (exact) mass is 277 g/mol. The van der Waals surface area contributed by atoms with E-state index in [0.717, 1.165) is 13.0 Å². The van der Waals surface area contributed by atoms with Gasteiger partial charge in [-0.15, -0.1) is 12.4 Å². The van der Waals surface area contributed by atoms with Gasteiger partial charge in [-0.3, -0.25) is 0 Å².